The molecule has 0 amide bonds. The van der Waals surface area contributed by atoms with E-state index in [4.69, 9.17) is 4.74 Å². The first-order valence-corrected chi connectivity index (χ1v) is 6.82. The largest absolute Gasteiger partial charge is 0.492 e. The Morgan fingerprint density at radius 3 is 3.10 bits per heavy atom. The molecule has 106 valence electrons. The van der Waals surface area contributed by atoms with Crippen LogP contribution in [0.3, 0.4) is 0 Å². The number of H-pyrrole nitrogens is 1. The van der Waals surface area contributed by atoms with E-state index in [1.165, 1.54) is 0 Å². The summed E-state index contributed by atoms with van der Waals surface area (Å²) in [6.45, 7) is 2.55. The Balaban J connectivity index is 1.38. The summed E-state index contributed by atoms with van der Waals surface area (Å²) in [4.78, 5) is 14.8. The number of pyridine rings is 1. The molecule has 21 heavy (non-hydrogen) atoms. The Hall–Kier alpha value is -2.70. The molecule has 3 aromatic heterocycles. The Morgan fingerprint density at radius 1 is 1.29 bits per heavy atom. The van der Waals surface area contributed by atoms with Gasteiger partial charge in [-0.05, 0) is 12.1 Å². The van der Waals surface area contributed by atoms with Gasteiger partial charge in [-0.15, -0.1) is 0 Å². The number of anilines is 1. The van der Waals surface area contributed by atoms with Crippen LogP contribution in [0.4, 0.5) is 5.82 Å². The number of hydrogen-bond donors (Lipinski definition) is 1. The molecule has 0 aromatic carbocycles. The van der Waals surface area contributed by atoms with Crippen molar-refractivity contribution in [2.45, 2.75) is 0 Å². The summed E-state index contributed by atoms with van der Waals surface area (Å²) in [5, 5.41) is 7.84. The molecule has 3 aromatic rings. The fourth-order valence-electron chi connectivity index (χ4n) is 2.50. The third-order valence-corrected chi connectivity index (χ3v) is 3.60. The molecule has 1 aliphatic rings. The molecule has 0 atom stereocenters. The Bertz CT molecular complexity index is 737. The van der Waals surface area contributed by atoms with Gasteiger partial charge < -0.3 is 9.64 Å². The summed E-state index contributed by atoms with van der Waals surface area (Å²) in [5.74, 6) is 2.25. The lowest BCUT2D eigenvalue weighted by atomic mass is 10.0. The molecule has 7 heteroatoms. The molecule has 1 N–H and O–H groups in total. The van der Waals surface area contributed by atoms with Crippen LogP contribution in [0.25, 0.3) is 11.0 Å². The zero-order valence-electron chi connectivity index (χ0n) is 11.3. The minimum absolute atomic E-state index is 0.502. The van der Waals surface area contributed by atoms with E-state index in [9.17, 15) is 0 Å². The van der Waals surface area contributed by atoms with Crippen molar-refractivity contribution < 1.29 is 4.74 Å². The molecule has 4 rings (SSSR count). The highest BCUT2D eigenvalue weighted by Gasteiger charge is 2.29. The number of rotatable bonds is 4. The standard InChI is InChI=1S/C14H14N6O/c1-2-11(4-15-3-1)21-8-10-6-20(7-10)14-12-5-18-19-13(12)16-9-17-14/h1-5,9-10H,6-8H2,(H,16,17,18,19). The second-order valence-corrected chi connectivity index (χ2v) is 5.10. The second kappa shape index (κ2) is 5.01. The fourth-order valence-corrected chi connectivity index (χ4v) is 2.50. The number of nitrogens with zero attached hydrogens (tertiary/aromatic N) is 5. The second-order valence-electron chi connectivity index (χ2n) is 5.10. The molecule has 0 radical (unpaired) electrons. The van der Waals surface area contributed by atoms with Crippen LogP contribution in [-0.2, 0) is 0 Å². The van der Waals surface area contributed by atoms with E-state index in [2.05, 4.69) is 30.0 Å². The van der Waals surface area contributed by atoms with Gasteiger partial charge in [0.25, 0.3) is 0 Å². The SMILES string of the molecule is c1cncc(OCC2CN(c3ncnc4[nH]ncc34)C2)c1. The van der Waals surface area contributed by atoms with Gasteiger partial charge in [-0.2, -0.15) is 5.10 Å². The Kier molecular flexibility index (Phi) is 2.88. The van der Waals surface area contributed by atoms with E-state index < -0.39 is 0 Å². The highest BCUT2D eigenvalue weighted by atomic mass is 16.5. The number of aromatic amines is 1. The van der Waals surface area contributed by atoms with Gasteiger partial charge >= 0.3 is 0 Å². The van der Waals surface area contributed by atoms with Crippen LogP contribution >= 0.6 is 0 Å². The van der Waals surface area contributed by atoms with Gasteiger partial charge in [-0.25, -0.2) is 9.97 Å². The van der Waals surface area contributed by atoms with Crippen LogP contribution < -0.4 is 9.64 Å². The van der Waals surface area contributed by atoms with Crippen LogP contribution in [0, 0.1) is 5.92 Å². The predicted molar refractivity (Wildman–Crippen MR) is 77.1 cm³/mol. The maximum atomic E-state index is 5.73. The molecule has 0 saturated carbocycles. The van der Waals surface area contributed by atoms with Crippen molar-refractivity contribution in [2.75, 3.05) is 24.6 Å². The molecule has 1 saturated heterocycles. The third kappa shape index (κ3) is 2.26. The van der Waals surface area contributed by atoms with Crippen molar-refractivity contribution in [1.29, 1.82) is 0 Å². The van der Waals surface area contributed by atoms with Gasteiger partial charge in [0.1, 0.15) is 17.9 Å². The van der Waals surface area contributed by atoms with E-state index >= 15 is 0 Å². The minimum Gasteiger partial charge on any atom is -0.492 e. The first kappa shape index (κ1) is 12.1. The zero-order valence-corrected chi connectivity index (χ0v) is 11.3. The third-order valence-electron chi connectivity index (χ3n) is 3.60. The van der Waals surface area contributed by atoms with Crippen LogP contribution in [0.5, 0.6) is 5.75 Å². The highest BCUT2D eigenvalue weighted by molar-refractivity contribution is 5.86. The smallest absolute Gasteiger partial charge is 0.160 e. The lowest BCUT2D eigenvalue weighted by Gasteiger charge is -2.39. The number of ether oxygens (including phenoxy) is 1. The summed E-state index contributed by atoms with van der Waals surface area (Å²) >= 11 is 0. The topological polar surface area (TPSA) is 79.8 Å². The monoisotopic (exact) mass is 282 g/mol. The average Bonchev–Trinajstić information content (AvgIpc) is 2.96. The maximum absolute atomic E-state index is 5.73. The van der Waals surface area contributed by atoms with Crippen LogP contribution in [-0.4, -0.2) is 44.8 Å². The van der Waals surface area contributed by atoms with Gasteiger partial charge in [0.2, 0.25) is 0 Å². The van der Waals surface area contributed by atoms with Gasteiger partial charge in [0.15, 0.2) is 5.65 Å². The number of nitrogens with one attached hydrogen (secondary N) is 1. The quantitative estimate of drug-likeness (QED) is 0.776. The van der Waals surface area contributed by atoms with Crippen molar-refractivity contribution in [3.8, 4) is 5.75 Å². The summed E-state index contributed by atoms with van der Waals surface area (Å²) in [6, 6.07) is 3.79. The Morgan fingerprint density at radius 2 is 2.24 bits per heavy atom. The van der Waals surface area contributed by atoms with E-state index in [-0.39, 0.29) is 0 Å². The number of aromatic nitrogens is 5. The van der Waals surface area contributed by atoms with E-state index in [1.807, 2.05) is 12.1 Å². The normalized spacial score (nSPS) is 15.1. The van der Waals surface area contributed by atoms with Crippen LogP contribution in [0.15, 0.2) is 37.1 Å². The molecular weight excluding hydrogens is 268 g/mol. The predicted octanol–water partition coefficient (Wildman–Crippen LogP) is 1.26. The molecule has 1 fully saturated rings. The molecule has 0 aliphatic carbocycles. The number of fused-ring (bicyclic) bond motifs is 1. The first-order valence-electron chi connectivity index (χ1n) is 6.82. The summed E-state index contributed by atoms with van der Waals surface area (Å²) < 4.78 is 5.73. The van der Waals surface area contributed by atoms with E-state index in [0.29, 0.717) is 12.5 Å². The Labute approximate surface area is 121 Å². The van der Waals surface area contributed by atoms with E-state index in [1.54, 1.807) is 24.9 Å². The minimum atomic E-state index is 0.502. The van der Waals surface area contributed by atoms with E-state index in [0.717, 1.165) is 35.7 Å². The maximum Gasteiger partial charge on any atom is 0.160 e. The first-order chi connectivity index (χ1) is 10.4. The van der Waals surface area contributed by atoms with Crippen molar-refractivity contribution in [3.63, 3.8) is 0 Å². The van der Waals surface area contributed by atoms with Crippen molar-refractivity contribution in [2.24, 2.45) is 5.92 Å². The molecular formula is C14H14N6O. The lowest BCUT2D eigenvalue weighted by Crippen LogP contribution is -2.49. The molecule has 0 bridgehead atoms. The fraction of sp³-hybridized carbons (Fsp3) is 0.286. The summed E-state index contributed by atoms with van der Waals surface area (Å²) in [6.07, 6.45) is 6.80. The average molecular weight is 282 g/mol. The highest BCUT2D eigenvalue weighted by Crippen LogP contribution is 2.28. The van der Waals surface area contributed by atoms with Crippen molar-refractivity contribution in [3.05, 3.63) is 37.1 Å². The molecule has 7 nitrogen and oxygen atoms in total. The molecule has 4 heterocycles. The molecule has 0 unspecified atom stereocenters. The summed E-state index contributed by atoms with van der Waals surface area (Å²) in [5.41, 5.74) is 0.773. The van der Waals surface area contributed by atoms with Crippen LogP contribution in [0.2, 0.25) is 0 Å². The van der Waals surface area contributed by atoms with Gasteiger partial charge in [-0.1, -0.05) is 0 Å². The van der Waals surface area contributed by atoms with Gasteiger partial charge in [-0.3, -0.25) is 10.1 Å². The lowest BCUT2D eigenvalue weighted by molar-refractivity contribution is 0.220. The molecule has 1 aliphatic heterocycles. The molecule has 0 spiro atoms. The van der Waals surface area contributed by atoms with Crippen molar-refractivity contribution in [1.82, 2.24) is 25.1 Å². The van der Waals surface area contributed by atoms with Gasteiger partial charge in [0, 0.05) is 25.2 Å². The van der Waals surface area contributed by atoms with Crippen molar-refractivity contribution >= 4 is 16.9 Å². The zero-order chi connectivity index (χ0) is 14.1. The van der Waals surface area contributed by atoms with Gasteiger partial charge in [0.05, 0.1) is 24.4 Å². The summed E-state index contributed by atoms with van der Waals surface area (Å²) in [7, 11) is 0. The van der Waals surface area contributed by atoms with Crippen LogP contribution in [0.1, 0.15) is 0 Å². The number of hydrogen-bond acceptors (Lipinski definition) is 6.